The predicted molar refractivity (Wildman–Crippen MR) is 53.1 cm³/mol. The van der Waals surface area contributed by atoms with Crippen molar-refractivity contribution in [2.75, 3.05) is 7.11 Å². The van der Waals surface area contributed by atoms with Crippen LogP contribution in [0.4, 0.5) is 13.2 Å². The number of hydrogen-bond donors (Lipinski definition) is 0. The number of carbonyl (C=O) groups excluding carboxylic acids is 1. The molecule has 0 saturated heterocycles. The normalized spacial score (nSPS) is 13.2. The molecule has 0 spiro atoms. The Morgan fingerprint density at radius 1 is 1.29 bits per heavy atom. The summed E-state index contributed by atoms with van der Waals surface area (Å²) in [4.78, 5) is 11.1. The summed E-state index contributed by atoms with van der Waals surface area (Å²) in [6.07, 6.45) is -6.73. The molecule has 0 fully saturated rings. The zero-order valence-electron chi connectivity index (χ0n) is 9.03. The summed E-state index contributed by atoms with van der Waals surface area (Å²) in [5.41, 5.74) is 0.562. The second kappa shape index (κ2) is 5.67. The Hall–Kier alpha value is -1.56. The van der Waals surface area contributed by atoms with Crippen molar-refractivity contribution in [1.29, 1.82) is 0 Å². The van der Waals surface area contributed by atoms with E-state index in [-0.39, 0.29) is 6.42 Å². The molecule has 1 rings (SSSR count). The van der Waals surface area contributed by atoms with Crippen LogP contribution in [0, 0.1) is 0 Å². The van der Waals surface area contributed by atoms with Crippen molar-refractivity contribution in [1.82, 2.24) is 0 Å². The van der Waals surface area contributed by atoms with Crippen LogP contribution in [0.25, 0.3) is 0 Å². The standard InChI is InChI=1S/C11H11F3O3/c1-16-10(15)9(17-11(12,13)14)7-8-5-3-2-4-6-8/h2-6,9H,7H2,1H3. The van der Waals surface area contributed by atoms with Gasteiger partial charge in [0.2, 0.25) is 0 Å². The molecule has 1 unspecified atom stereocenters. The van der Waals surface area contributed by atoms with Crippen LogP contribution in [0.1, 0.15) is 5.56 Å². The summed E-state index contributed by atoms with van der Waals surface area (Å²) in [5, 5.41) is 0. The summed E-state index contributed by atoms with van der Waals surface area (Å²) in [7, 11) is 1.01. The number of benzene rings is 1. The first kappa shape index (κ1) is 13.5. The van der Waals surface area contributed by atoms with Crippen LogP contribution >= 0.6 is 0 Å². The highest BCUT2D eigenvalue weighted by molar-refractivity contribution is 5.75. The van der Waals surface area contributed by atoms with Gasteiger partial charge >= 0.3 is 12.3 Å². The fraction of sp³-hybridized carbons (Fsp3) is 0.364. The fourth-order valence-corrected chi connectivity index (χ4v) is 1.29. The van der Waals surface area contributed by atoms with Crippen molar-refractivity contribution in [3.8, 4) is 0 Å². The van der Waals surface area contributed by atoms with E-state index in [2.05, 4.69) is 9.47 Å². The molecule has 0 amide bonds. The molecule has 3 nitrogen and oxygen atoms in total. The molecule has 94 valence electrons. The molecule has 1 aromatic rings. The van der Waals surface area contributed by atoms with Crippen molar-refractivity contribution >= 4 is 5.97 Å². The van der Waals surface area contributed by atoms with E-state index in [1.165, 1.54) is 0 Å². The van der Waals surface area contributed by atoms with Crippen LogP contribution in [0.3, 0.4) is 0 Å². The zero-order valence-corrected chi connectivity index (χ0v) is 9.03. The van der Waals surface area contributed by atoms with Crippen molar-refractivity contribution in [2.45, 2.75) is 18.9 Å². The van der Waals surface area contributed by atoms with Crippen molar-refractivity contribution < 1.29 is 27.4 Å². The van der Waals surface area contributed by atoms with E-state index >= 15 is 0 Å². The third kappa shape index (κ3) is 4.86. The number of halogens is 3. The smallest absolute Gasteiger partial charge is 0.467 e. The lowest BCUT2D eigenvalue weighted by atomic mass is 10.1. The van der Waals surface area contributed by atoms with E-state index in [4.69, 9.17) is 0 Å². The zero-order chi connectivity index (χ0) is 12.9. The maximum absolute atomic E-state index is 12.1. The maximum atomic E-state index is 12.1. The van der Waals surface area contributed by atoms with E-state index in [0.29, 0.717) is 5.56 Å². The van der Waals surface area contributed by atoms with Gasteiger partial charge in [0.1, 0.15) is 0 Å². The number of hydrogen-bond acceptors (Lipinski definition) is 3. The van der Waals surface area contributed by atoms with Gasteiger partial charge in [-0.2, -0.15) is 0 Å². The number of alkyl halides is 3. The monoisotopic (exact) mass is 248 g/mol. The Bertz CT molecular complexity index is 362. The first-order chi connectivity index (χ1) is 7.92. The molecular formula is C11H11F3O3. The SMILES string of the molecule is COC(=O)C(Cc1ccccc1)OC(F)(F)F. The van der Waals surface area contributed by atoms with Gasteiger partial charge in [-0.3, -0.25) is 4.74 Å². The molecular weight excluding hydrogens is 237 g/mol. The average Bonchev–Trinajstić information content (AvgIpc) is 2.27. The quantitative estimate of drug-likeness (QED) is 0.767. The van der Waals surface area contributed by atoms with Gasteiger partial charge in [0, 0.05) is 6.42 Å². The molecule has 0 radical (unpaired) electrons. The van der Waals surface area contributed by atoms with Gasteiger partial charge in [0.15, 0.2) is 6.10 Å². The van der Waals surface area contributed by atoms with Crippen LogP contribution in [-0.2, 0) is 20.7 Å². The summed E-state index contributed by atoms with van der Waals surface area (Å²) < 4.78 is 44.2. The minimum atomic E-state index is -4.87. The lowest BCUT2D eigenvalue weighted by Crippen LogP contribution is -2.33. The number of esters is 1. The molecule has 0 aliphatic rings. The van der Waals surface area contributed by atoms with Gasteiger partial charge in [-0.05, 0) is 5.56 Å². The number of methoxy groups -OCH3 is 1. The van der Waals surface area contributed by atoms with Gasteiger partial charge in [-0.1, -0.05) is 30.3 Å². The van der Waals surface area contributed by atoms with Crippen LogP contribution in [0.5, 0.6) is 0 Å². The van der Waals surface area contributed by atoms with Gasteiger partial charge < -0.3 is 4.74 Å². The van der Waals surface area contributed by atoms with E-state index in [0.717, 1.165) is 7.11 Å². The Morgan fingerprint density at radius 3 is 2.35 bits per heavy atom. The van der Waals surface area contributed by atoms with E-state index in [1.54, 1.807) is 30.3 Å². The lowest BCUT2D eigenvalue weighted by molar-refractivity contribution is -0.339. The van der Waals surface area contributed by atoms with Gasteiger partial charge in [0.25, 0.3) is 0 Å². The molecule has 1 aromatic carbocycles. The van der Waals surface area contributed by atoms with E-state index in [9.17, 15) is 18.0 Å². The minimum Gasteiger partial charge on any atom is -0.467 e. The first-order valence-electron chi connectivity index (χ1n) is 4.78. The minimum absolute atomic E-state index is 0.187. The van der Waals surface area contributed by atoms with Crippen molar-refractivity contribution in [3.05, 3.63) is 35.9 Å². The topological polar surface area (TPSA) is 35.5 Å². The highest BCUT2D eigenvalue weighted by Gasteiger charge is 2.37. The fourth-order valence-electron chi connectivity index (χ4n) is 1.29. The van der Waals surface area contributed by atoms with E-state index < -0.39 is 18.4 Å². The van der Waals surface area contributed by atoms with Crippen molar-refractivity contribution in [2.24, 2.45) is 0 Å². The molecule has 0 saturated carbocycles. The molecule has 1 atom stereocenters. The van der Waals surface area contributed by atoms with Gasteiger partial charge in [0.05, 0.1) is 7.11 Å². The molecule has 0 aliphatic carbocycles. The lowest BCUT2D eigenvalue weighted by Gasteiger charge is -2.17. The summed E-state index contributed by atoms with van der Waals surface area (Å²) in [5.74, 6) is -1.05. The number of ether oxygens (including phenoxy) is 2. The molecule has 0 aromatic heterocycles. The van der Waals surface area contributed by atoms with Gasteiger partial charge in [-0.15, -0.1) is 13.2 Å². The second-order valence-corrected chi connectivity index (χ2v) is 3.27. The summed E-state index contributed by atoms with van der Waals surface area (Å²) in [6.45, 7) is 0. The maximum Gasteiger partial charge on any atom is 0.523 e. The summed E-state index contributed by atoms with van der Waals surface area (Å²) in [6, 6.07) is 8.27. The third-order valence-corrected chi connectivity index (χ3v) is 2.00. The number of carbonyl (C=O) groups is 1. The molecule has 0 aliphatic heterocycles. The van der Waals surface area contributed by atoms with E-state index in [1.807, 2.05) is 0 Å². The molecule has 0 N–H and O–H groups in total. The molecule has 6 heteroatoms. The van der Waals surface area contributed by atoms with Crippen LogP contribution in [0.15, 0.2) is 30.3 Å². The Kier molecular flexibility index (Phi) is 4.51. The van der Waals surface area contributed by atoms with Crippen LogP contribution < -0.4 is 0 Å². The molecule has 17 heavy (non-hydrogen) atoms. The van der Waals surface area contributed by atoms with Crippen molar-refractivity contribution in [3.63, 3.8) is 0 Å². The highest BCUT2D eigenvalue weighted by atomic mass is 19.4. The number of rotatable bonds is 4. The Balaban J connectivity index is 2.74. The molecule has 0 heterocycles. The highest BCUT2D eigenvalue weighted by Crippen LogP contribution is 2.21. The van der Waals surface area contributed by atoms with Gasteiger partial charge in [-0.25, -0.2) is 4.79 Å². The Labute approximate surface area is 96.1 Å². The third-order valence-electron chi connectivity index (χ3n) is 2.00. The van der Waals surface area contributed by atoms with Crippen LogP contribution in [0.2, 0.25) is 0 Å². The Morgan fingerprint density at radius 2 is 1.88 bits per heavy atom. The first-order valence-corrected chi connectivity index (χ1v) is 4.78. The largest absolute Gasteiger partial charge is 0.523 e. The summed E-state index contributed by atoms with van der Waals surface area (Å²) >= 11 is 0. The van der Waals surface area contributed by atoms with Crippen LogP contribution in [-0.4, -0.2) is 25.5 Å². The average molecular weight is 248 g/mol. The second-order valence-electron chi connectivity index (χ2n) is 3.27. The predicted octanol–water partition coefficient (Wildman–Crippen LogP) is 2.31. The molecule has 0 bridgehead atoms.